The van der Waals surface area contributed by atoms with Gasteiger partial charge in [-0.1, -0.05) is 9.64 Å². The highest BCUT2D eigenvalue weighted by Gasteiger charge is 2.12. The van der Waals surface area contributed by atoms with Crippen molar-refractivity contribution >= 4 is 27.7 Å². The Labute approximate surface area is 98.6 Å². The minimum Gasteiger partial charge on any atom is -0.476 e. The summed E-state index contributed by atoms with van der Waals surface area (Å²) in [7, 11) is 0. The number of nitrogens with zero attached hydrogens (tertiary/aromatic N) is 3. The second kappa shape index (κ2) is 3.63. The van der Waals surface area contributed by atoms with Crippen LogP contribution in [0.5, 0.6) is 0 Å². The quantitative estimate of drug-likeness (QED) is 0.745. The number of rotatable bonds is 2. The topological polar surface area (TPSA) is 89.1 Å². The first-order valence-electron chi connectivity index (χ1n) is 4.66. The molecule has 0 fully saturated rings. The lowest BCUT2D eigenvalue weighted by atomic mass is 10.1. The molecule has 0 bridgehead atoms. The van der Waals surface area contributed by atoms with E-state index in [1.54, 1.807) is 12.1 Å². The van der Waals surface area contributed by atoms with Crippen molar-refractivity contribution in [3.05, 3.63) is 30.0 Å². The van der Waals surface area contributed by atoms with Gasteiger partial charge >= 0.3 is 5.97 Å². The number of hydrogen-bond donors (Lipinski definition) is 1. The monoisotopic (exact) mass is 247 g/mol. The summed E-state index contributed by atoms with van der Waals surface area (Å²) >= 11 is 1.27. The van der Waals surface area contributed by atoms with Gasteiger partial charge in [0.05, 0.1) is 4.70 Å². The zero-order chi connectivity index (χ0) is 11.8. The summed E-state index contributed by atoms with van der Waals surface area (Å²) in [5, 5.41) is 16.1. The molecule has 0 spiro atoms. The van der Waals surface area contributed by atoms with Crippen molar-refractivity contribution in [1.82, 2.24) is 14.7 Å². The molecule has 0 aliphatic carbocycles. The predicted octanol–water partition coefficient (Wildman–Crippen LogP) is 2.04. The van der Waals surface area contributed by atoms with Crippen molar-refractivity contribution in [3.63, 3.8) is 0 Å². The van der Waals surface area contributed by atoms with Crippen LogP contribution in [-0.4, -0.2) is 25.8 Å². The number of carboxylic acid groups (broad SMARTS) is 1. The van der Waals surface area contributed by atoms with Gasteiger partial charge < -0.3 is 9.63 Å². The Morgan fingerprint density at radius 1 is 1.35 bits per heavy atom. The van der Waals surface area contributed by atoms with E-state index in [4.69, 9.17) is 9.63 Å². The number of hydrogen-bond acceptors (Lipinski definition) is 6. The highest BCUT2D eigenvalue weighted by Crippen LogP contribution is 2.25. The first kappa shape index (κ1) is 9.91. The van der Waals surface area contributed by atoms with E-state index in [0.717, 1.165) is 15.8 Å². The zero-order valence-corrected chi connectivity index (χ0v) is 9.14. The predicted molar refractivity (Wildman–Crippen MR) is 59.9 cm³/mol. The van der Waals surface area contributed by atoms with Crippen LogP contribution in [-0.2, 0) is 0 Å². The average molecular weight is 247 g/mol. The summed E-state index contributed by atoms with van der Waals surface area (Å²) in [6.07, 6.45) is 0. The number of carbonyl (C=O) groups is 1. The number of fused-ring (bicyclic) bond motifs is 1. The van der Waals surface area contributed by atoms with E-state index in [-0.39, 0.29) is 5.69 Å². The Morgan fingerprint density at radius 3 is 3.00 bits per heavy atom. The fourth-order valence-electron chi connectivity index (χ4n) is 1.44. The molecule has 0 aliphatic heterocycles. The molecule has 0 atom stereocenters. The molecule has 0 saturated heterocycles. The van der Waals surface area contributed by atoms with Gasteiger partial charge in [0.15, 0.2) is 11.5 Å². The summed E-state index contributed by atoms with van der Waals surface area (Å²) < 4.78 is 9.70. The van der Waals surface area contributed by atoms with Crippen LogP contribution in [0.2, 0.25) is 0 Å². The molecule has 0 radical (unpaired) electrons. The molecule has 0 saturated carbocycles. The Hall–Kier alpha value is -2.28. The summed E-state index contributed by atoms with van der Waals surface area (Å²) in [6.45, 7) is 0. The van der Waals surface area contributed by atoms with E-state index in [2.05, 4.69) is 14.7 Å². The molecule has 0 unspecified atom stereocenters. The molecule has 3 rings (SSSR count). The Bertz CT molecular complexity index is 703. The number of benzene rings is 1. The lowest BCUT2D eigenvalue weighted by molar-refractivity contribution is 0.0686. The maximum atomic E-state index is 10.7. The molecule has 7 heteroatoms. The third-order valence-electron chi connectivity index (χ3n) is 2.26. The highest BCUT2D eigenvalue weighted by molar-refractivity contribution is 7.12. The van der Waals surface area contributed by atoms with Crippen molar-refractivity contribution in [2.45, 2.75) is 0 Å². The SMILES string of the molecule is O=C(O)c1cc(-c2ccc3nnsc3c2)on1. The van der Waals surface area contributed by atoms with Crippen LogP contribution < -0.4 is 0 Å². The van der Waals surface area contributed by atoms with Gasteiger partial charge in [0.1, 0.15) is 5.52 Å². The molecule has 2 heterocycles. The molecule has 17 heavy (non-hydrogen) atoms. The van der Waals surface area contributed by atoms with Gasteiger partial charge in [-0.15, -0.1) is 5.10 Å². The first-order valence-corrected chi connectivity index (χ1v) is 5.44. The van der Waals surface area contributed by atoms with E-state index in [0.29, 0.717) is 5.76 Å². The second-order valence-corrected chi connectivity index (χ2v) is 4.12. The first-order chi connectivity index (χ1) is 8.24. The Kier molecular flexibility index (Phi) is 2.12. The van der Waals surface area contributed by atoms with Crippen LogP contribution in [0, 0.1) is 0 Å². The molecule has 84 valence electrons. The van der Waals surface area contributed by atoms with Gasteiger partial charge in [-0.3, -0.25) is 0 Å². The molecule has 0 aliphatic rings. The lowest BCUT2D eigenvalue weighted by Crippen LogP contribution is -1.94. The maximum Gasteiger partial charge on any atom is 0.358 e. The van der Waals surface area contributed by atoms with Gasteiger partial charge in [0.2, 0.25) is 0 Å². The third-order valence-corrected chi connectivity index (χ3v) is 2.95. The molecular formula is C10H5N3O3S. The van der Waals surface area contributed by atoms with E-state index in [1.807, 2.05) is 6.07 Å². The van der Waals surface area contributed by atoms with Gasteiger partial charge in [0, 0.05) is 11.6 Å². The molecule has 6 nitrogen and oxygen atoms in total. The lowest BCUT2D eigenvalue weighted by Gasteiger charge is -1.93. The standard InChI is InChI=1S/C10H5N3O3S/c14-10(15)7-4-8(16-12-7)5-1-2-6-9(3-5)17-13-11-6/h1-4H,(H,14,15). The molecular weight excluding hydrogens is 242 g/mol. The number of aromatic nitrogens is 3. The van der Waals surface area contributed by atoms with E-state index >= 15 is 0 Å². The van der Waals surface area contributed by atoms with E-state index in [1.165, 1.54) is 17.6 Å². The highest BCUT2D eigenvalue weighted by atomic mass is 32.1. The molecule has 0 amide bonds. The van der Waals surface area contributed by atoms with Gasteiger partial charge in [-0.05, 0) is 29.7 Å². The largest absolute Gasteiger partial charge is 0.476 e. The van der Waals surface area contributed by atoms with Crippen molar-refractivity contribution < 1.29 is 14.4 Å². The molecule has 1 aromatic carbocycles. The summed E-state index contributed by atoms with van der Waals surface area (Å²) in [6, 6.07) is 6.82. The minimum absolute atomic E-state index is 0.109. The molecule has 3 aromatic rings. The van der Waals surface area contributed by atoms with Crippen molar-refractivity contribution in [1.29, 1.82) is 0 Å². The van der Waals surface area contributed by atoms with Crippen LogP contribution in [0.3, 0.4) is 0 Å². The maximum absolute atomic E-state index is 10.7. The third kappa shape index (κ3) is 1.66. The Balaban J connectivity index is 2.09. The zero-order valence-electron chi connectivity index (χ0n) is 8.32. The fraction of sp³-hybridized carbons (Fsp3) is 0. The normalized spacial score (nSPS) is 10.8. The van der Waals surface area contributed by atoms with Crippen molar-refractivity contribution in [3.8, 4) is 11.3 Å². The van der Waals surface area contributed by atoms with Crippen LogP contribution in [0.15, 0.2) is 28.8 Å². The fourth-order valence-corrected chi connectivity index (χ4v) is 2.04. The van der Waals surface area contributed by atoms with Crippen molar-refractivity contribution in [2.24, 2.45) is 0 Å². The Morgan fingerprint density at radius 2 is 2.24 bits per heavy atom. The number of aromatic carboxylic acids is 1. The van der Waals surface area contributed by atoms with Gasteiger partial charge in [-0.25, -0.2) is 4.79 Å². The summed E-state index contributed by atoms with van der Waals surface area (Å²) in [5.74, 6) is -0.696. The van der Waals surface area contributed by atoms with Crippen LogP contribution >= 0.6 is 11.5 Å². The number of carboxylic acids is 1. The summed E-state index contributed by atoms with van der Waals surface area (Å²) in [4.78, 5) is 10.7. The van der Waals surface area contributed by atoms with Crippen molar-refractivity contribution in [2.75, 3.05) is 0 Å². The molecule has 1 N–H and O–H groups in total. The van der Waals surface area contributed by atoms with Gasteiger partial charge in [-0.2, -0.15) is 0 Å². The summed E-state index contributed by atoms with van der Waals surface area (Å²) in [5.41, 5.74) is 1.45. The van der Waals surface area contributed by atoms with E-state index in [9.17, 15) is 4.79 Å². The van der Waals surface area contributed by atoms with E-state index < -0.39 is 5.97 Å². The average Bonchev–Trinajstić information content (AvgIpc) is 2.97. The van der Waals surface area contributed by atoms with Crippen LogP contribution in [0.4, 0.5) is 0 Å². The second-order valence-electron chi connectivity index (χ2n) is 3.34. The van der Waals surface area contributed by atoms with Gasteiger partial charge in [0.25, 0.3) is 0 Å². The van der Waals surface area contributed by atoms with Crippen LogP contribution in [0.25, 0.3) is 21.5 Å². The molecule has 2 aromatic heterocycles. The van der Waals surface area contributed by atoms with Crippen LogP contribution in [0.1, 0.15) is 10.5 Å². The minimum atomic E-state index is -1.11. The smallest absolute Gasteiger partial charge is 0.358 e.